The van der Waals surface area contributed by atoms with E-state index < -0.39 is 4.32 Å². The lowest BCUT2D eigenvalue weighted by Crippen LogP contribution is -2.30. The van der Waals surface area contributed by atoms with Gasteiger partial charge in [-0.2, -0.15) is 0 Å². The second-order valence-corrected chi connectivity index (χ2v) is 6.84. The highest BCUT2D eigenvalue weighted by Crippen LogP contribution is 2.19. The second-order valence-electron chi connectivity index (χ2n) is 4.86. The number of carbonyl (C=O) groups excluding carboxylic acids is 1. The zero-order chi connectivity index (χ0) is 13.9. The normalized spacial score (nSPS) is 11.3. The highest BCUT2D eigenvalue weighted by Gasteiger charge is 2.23. The first kappa shape index (κ1) is 13.8. The average molecular weight is 322 g/mol. The Balaban J connectivity index is 2.09. The Bertz CT molecular complexity index is 558. The molecule has 0 aliphatic carbocycles. The van der Waals surface area contributed by atoms with E-state index in [9.17, 15) is 4.79 Å². The minimum atomic E-state index is -0.576. The molecule has 4 nitrogen and oxygen atoms in total. The van der Waals surface area contributed by atoms with Gasteiger partial charge in [0.05, 0.1) is 10.7 Å². The van der Waals surface area contributed by atoms with Crippen LogP contribution in [0.25, 0.3) is 0 Å². The molecule has 19 heavy (non-hydrogen) atoms. The smallest absolute Gasteiger partial charge is 0.240 e. The summed E-state index contributed by atoms with van der Waals surface area (Å²) in [7, 11) is 0. The van der Waals surface area contributed by atoms with Crippen molar-refractivity contribution in [2.75, 3.05) is 5.32 Å². The molecule has 0 bridgehead atoms. The van der Waals surface area contributed by atoms with Gasteiger partial charge in [-0.25, -0.2) is 4.98 Å². The van der Waals surface area contributed by atoms with Crippen molar-refractivity contribution in [1.82, 2.24) is 9.55 Å². The van der Waals surface area contributed by atoms with Gasteiger partial charge in [0.2, 0.25) is 5.91 Å². The van der Waals surface area contributed by atoms with E-state index >= 15 is 0 Å². The zero-order valence-electron chi connectivity index (χ0n) is 10.9. The molecule has 1 aromatic heterocycles. The van der Waals surface area contributed by atoms with Gasteiger partial charge in [0.25, 0.3) is 0 Å². The number of hydrogen-bond donors (Lipinski definition) is 1. The molecule has 0 fully saturated rings. The maximum absolute atomic E-state index is 11.9. The molecule has 0 atom stereocenters. The molecule has 1 aromatic carbocycles. The lowest BCUT2D eigenvalue weighted by atomic mass is 10.1. The maximum Gasteiger partial charge on any atom is 0.240 e. The molecule has 0 radical (unpaired) electrons. The summed E-state index contributed by atoms with van der Waals surface area (Å²) in [5.41, 5.74) is 1.92. The summed E-state index contributed by atoms with van der Waals surface area (Å²) < 4.78 is 1.41. The molecule has 1 N–H and O–H groups in total. The van der Waals surface area contributed by atoms with Crippen molar-refractivity contribution < 1.29 is 4.79 Å². The Morgan fingerprint density at radius 2 is 2.26 bits per heavy atom. The third-order valence-corrected chi connectivity index (χ3v) is 3.01. The van der Waals surface area contributed by atoms with Gasteiger partial charge < -0.3 is 9.88 Å². The molecule has 0 aliphatic heterocycles. The molecule has 0 saturated carbocycles. The molecule has 2 aromatic rings. The molecule has 1 amide bonds. The van der Waals surface area contributed by atoms with Crippen molar-refractivity contribution in [3.63, 3.8) is 0 Å². The number of nitrogens with zero attached hydrogens (tertiary/aromatic N) is 2. The van der Waals surface area contributed by atoms with Crippen LogP contribution < -0.4 is 5.32 Å². The van der Waals surface area contributed by atoms with Crippen LogP contribution >= 0.6 is 15.9 Å². The van der Waals surface area contributed by atoms with Crippen LogP contribution in [0.2, 0.25) is 0 Å². The summed E-state index contributed by atoms with van der Waals surface area (Å²) in [5.74, 6) is -0.0627. The van der Waals surface area contributed by atoms with E-state index in [-0.39, 0.29) is 5.91 Å². The molecule has 1 heterocycles. The first-order valence-corrected chi connectivity index (χ1v) is 6.79. The molecule has 5 heteroatoms. The van der Waals surface area contributed by atoms with E-state index in [0.29, 0.717) is 0 Å². The fraction of sp³-hybridized carbons (Fsp3) is 0.286. The predicted octanol–water partition coefficient (Wildman–Crippen LogP) is 3.04. The second kappa shape index (κ2) is 5.57. The molecule has 0 spiro atoms. The number of alkyl halides is 1. The molecule has 0 saturated heterocycles. The van der Waals surface area contributed by atoms with Gasteiger partial charge in [0.15, 0.2) is 0 Å². The van der Waals surface area contributed by atoms with Gasteiger partial charge in [-0.1, -0.05) is 28.1 Å². The van der Waals surface area contributed by atoms with Gasteiger partial charge in [-0.05, 0) is 31.5 Å². The van der Waals surface area contributed by atoms with Crippen LogP contribution in [0.5, 0.6) is 0 Å². The molecule has 100 valence electrons. The number of halogens is 1. The van der Waals surface area contributed by atoms with Crippen molar-refractivity contribution >= 4 is 27.5 Å². The molecular formula is C14H16BrN3O. The van der Waals surface area contributed by atoms with Crippen LogP contribution in [-0.2, 0) is 11.3 Å². The summed E-state index contributed by atoms with van der Waals surface area (Å²) >= 11 is 3.34. The van der Waals surface area contributed by atoms with E-state index in [1.807, 2.05) is 48.9 Å². The predicted molar refractivity (Wildman–Crippen MR) is 79.4 cm³/mol. The summed E-state index contributed by atoms with van der Waals surface area (Å²) in [6.45, 7) is 4.37. The van der Waals surface area contributed by atoms with Gasteiger partial charge in [0, 0.05) is 24.6 Å². The van der Waals surface area contributed by atoms with E-state index in [1.54, 1.807) is 12.5 Å². The topological polar surface area (TPSA) is 46.9 Å². The van der Waals surface area contributed by atoms with Crippen molar-refractivity contribution in [2.24, 2.45) is 0 Å². The monoisotopic (exact) mass is 321 g/mol. The number of rotatable bonds is 4. The zero-order valence-corrected chi connectivity index (χ0v) is 12.5. The van der Waals surface area contributed by atoms with Gasteiger partial charge in [-0.15, -0.1) is 0 Å². The van der Waals surface area contributed by atoms with Gasteiger partial charge >= 0.3 is 0 Å². The molecule has 0 aliphatic rings. The minimum Gasteiger partial charge on any atom is -0.333 e. The van der Waals surface area contributed by atoms with E-state index in [2.05, 4.69) is 26.2 Å². The third kappa shape index (κ3) is 3.92. The van der Waals surface area contributed by atoms with Crippen molar-refractivity contribution in [1.29, 1.82) is 0 Å². The number of amides is 1. The molecule has 2 rings (SSSR count). The Kier molecular flexibility index (Phi) is 4.04. The summed E-state index contributed by atoms with van der Waals surface area (Å²) in [5, 5.41) is 2.89. The fourth-order valence-corrected chi connectivity index (χ4v) is 1.72. The summed E-state index contributed by atoms with van der Waals surface area (Å²) in [4.78, 5) is 15.9. The number of benzene rings is 1. The average Bonchev–Trinajstić information content (AvgIpc) is 2.81. The number of aromatic nitrogens is 2. The minimum absolute atomic E-state index is 0.0627. The van der Waals surface area contributed by atoms with Crippen molar-refractivity contribution in [3.05, 3.63) is 48.5 Å². The largest absolute Gasteiger partial charge is 0.333 e. The molecule has 0 unspecified atom stereocenters. The number of hydrogen-bond acceptors (Lipinski definition) is 2. The van der Waals surface area contributed by atoms with E-state index in [0.717, 1.165) is 17.8 Å². The fourth-order valence-electron chi connectivity index (χ4n) is 1.62. The van der Waals surface area contributed by atoms with E-state index in [4.69, 9.17) is 0 Å². The number of anilines is 1. The van der Waals surface area contributed by atoms with Gasteiger partial charge in [0.1, 0.15) is 0 Å². The third-order valence-electron chi connectivity index (χ3n) is 2.65. The van der Waals surface area contributed by atoms with Crippen LogP contribution in [-0.4, -0.2) is 19.8 Å². The van der Waals surface area contributed by atoms with Crippen molar-refractivity contribution in [3.8, 4) is 0 Å². The van der Waals surface area contributed by atoms with Crippen LogP contribution in [0.3, 0.4) is 0 Å². The number of nitrogens with one attached hydrogen (secondary N) is 1. The van der Waals surface area contributed by atoms with E-state index in [1.165, 1.54) is 0 Å². The number of imidazole rings is 1. The Morgan fingerprint density at radius 1 is 1.47 bits per heavy atom. The lowest BCUT2D eigenvalue weighted by molar-refractivity contribution is -0.117. The SMILES string of the molecule is CC(C)(Br)C(=O)Nc1cccc(Cn2ccnc2)c1. The number of carbonyl (C=O) groups is 1. The van der Waals surface area contributed by atoms with Crippen LogP contribution in [0.1, 0.15) is 19.4 Å². The quantitative estimate of drug-likeness (QED) is 0.880. The Morgan fingerprint density at radius 3 is 2.89 bits per heavy atom. The highest BCUT2D eigenvalue weighted by atomic mass is 79.9. The van der Waals surface area contributed by atoms with Crippen LogP contribution in [0.15, 0.2) is 43.0 Å². The first-order chi connectivity index (χ1) is 8.95. The summed E-state index contributed by atoms with van der Waals surface area (Å²) in [6.07, 6.45) is 5.43. The summed E-state index contributed by atoms with van der Waals surface area (Å²) in [6, 6.07) is 7.81. The highest BCUT2D eigenvalue weighted by molar-refractivity contribution is 9.10. The van der Waals surface area contributed by atoms with Crippen LogP contribution in [0, 0.1) is 0 Å². The maximum atomic E-state index is 11.9. The standard InChI is InChI=1S/C14H16BrN3O/c1-14(2,15)13(19)17-12-5-3-4-11(8-12)9-18-7-6-16-10-18/h3-8,10H,9H2,1-2H3,(H,17,19). The molecular weight excluding hydrogens is 306 g/mol. The Labute approximate surface area is 121 Å². The van der Waals surface area contributed by atoms with Crippen molar-refractivity contribution in [2.45, 2.75) is 24.7 Å². The first-order valence-electron chi connectivity index (χ1n) is 6.00. The van der Waals surface area contributed by atoms with Crippen LogP contribution in [0.4, 0.5) is 5.69 Å². The van der Waals surface area contributed by atoms with Gasteiger partial charge in [-0.3, -0.25) is 4.79 Å². The Hall–Kier alpha value is -1.62. The lowest BCUT2D eigenvalue weighted by Gasteiger charge is -2.16.